The number of Topliss-reactive ketones (excluding diaryl/α,β-unsaturated/α-hetero) is 1. The zero-order valence-electron chi connectivity index (χ0n) is 30.7. The van der Waals surface area contributed by atoms with Gasteiger partial charge in [-0.3, -0.25) is 9.59 Å². The minimum atomic E-state index is -0.500. The van der Waals surface area contributed by atoms with Gasteiger partial charge in [-0.25, -0.2) is 0 Å². The number of fused-ring (bicyclic) bond motifs is 3. The quantitative estimate of drug-likeness (QED) is 0.0821. The monoisotopic (exact) mass is 726 g/mol. The van der Waals surface area contributed by atoms with Gasteiger partial charge in [-0.1, -0.05) is 103 Å². The fourth-order valence-corrected chi connectivity index (χ4v) is 8.59. The Morgan fingerprint density at radius 3 is 2.04 bits per heavy atom. The molecule has 8 aromatic rings. The van der Waals surface area contributed by atoms with Gasteiger partial charge in [0.15, 0.2) is 6.04 Å². The van der Waals surface area contributed by atoms with Crippen LogP contribution in [-0.2, 0) is 30.8 Å². The SMILES string of the molecule is O=C(C[N@@+]1(Cc2c[nH]c3ccccc23)CCN(CCc2ccccc2OCc2ccccc2)C(=O)C1Cc1c[nH]c2ccccc12)c1c[nH]c2ccccc12. The van der Waals surface area contributed by atoms with Crippen LogP contribution in [0.1, 0.15) is 32.6 Å². The highest BCUT2D eigenvalue weighted by atomic mass is 16.5. The van der Waals surface area contributed by atoms with Gasteiger partial charge in [-0.05, 0) is 47.4 Å². The Balaban J connectivity index is 1.07. The van der Waals surface area contributed by atoms with E-state index in [4.69, 9.17) is 4.74 Å². The first kappa shape index (κ1) is 34.4. The highest BCUT2D eigenvalue weighted by Crippen LogP contribution is 2.34. The Morgan fingerprint density at radius 2 is 1.27 bits per heavy atom. The minimum absolute atomic E-state index is 0.0342. The van der Waals surface area contributed by atoms with Crippen LogP contribution in [0.25, 0.3) is 32.7 Å². The summed E-state index contributed by atoms with van der Waals surface area (Å²) in [4.78, 5) is 42.1. The summed E-state index contributed by atoms with van der Waals surface area (Å²) in [6.07, 6.45) is 7.10. The number of hydrogen-bond donors (Lipinski definition) is 3. The van der Waals surface area contributed by atoms with Crippen LogP contribution >= 0.6 is 0 Å². The molecule has 8 heteroatoms. The van der Waals surface area contributed by atoms with Crippen molar-refractivity contribution >= 4 is 44.4 Å². The molecule has 8 nitrogen and oxygen atoms in total. The van der Waals surface area contributed by atoms with E-state index >= 15 is 4.79 Å². The normalized spacial score (nSPS) is 17.3. The Kier molecular flexibility index (Phi) is 9.26. The number of rotatable bonds is 13. The Hall–Kier alpha value is -6.38. The number of nitrogens with one attached hydrogen (secondary N) is 3. The highest BCUT2D eigenvalue weighted by Gasteiger charge is 2.49. The van der Waals surface area contributed by atoms with Crippen LogP contribution in [0.4, 0.5) is 0 Å². The van der Waals surface area contributed by atoms with Crippen LogP contribution in [0, 0.1) is 0 Å². The lowest BCUT2D eigenvalue weighted by molar-refractivity contribution is -0.950. The summed E-state index contributed by atoms with van der Waals surface area (Å²) < 4.78 is 6.63. The number of aromatic amines is 3. The Labute approximate surface area is 320 Å². The number of H-pyrrole nitrogens is 3. The molecule has 1 fully saturated rings. The van der Waals surface area contributed by atoms with Gasteiger partial charge in [0, 0.05) is 75.4 Å². The van der Waals surface area contributed by atoms with Gasteiger partial charge < -0.3 is 29.1 Å². The van der Waals surface area contributed by atoms with Gasteiger partial charge in [0.1, 0.15) is 25.4 Å². The number of quaternary nitrogens is 1. The van der Waals surface area contributed by atoms with E-state index in [-0.39, 0.29) is 18.2 Å². The molecule has 274 valence electrons. The van der Waals surface area contributed by atoms with Crippen LogP contribution in [0.15, 0.2) is 146 Å². The van der Waals surface area contributed by atoms with Crippen LogP contribution in [0.2, 0.25) is 0 Å². The third-order valence-corrected chi connectivity index (χ3v) is 11.5. The molecule has 0 saturated carbocycles. The van der Waals surface area contributed by atoms with E-state index in [1.165, 1.54) is 0 Å². The topological polar surface area (TPSA) is 94.0 Å². The van der Waals surface area contributed by atoms with Gasteiger partial charge in [0.25, 0.3) is 5.91 Å². The van der Waals surface area contributed by atoms with E-state index in [1.807, 2.05) is 96.2 Å². The molecule has 3 N–H and O–H groups in total. The van der Waals surface area contributed by atoms with Crippen molar-refractivity contribution < 1.29 is 18.8 Å². The fraction of sp³-hybridized carbons (Fsp3) is 0.191. The maximum absolute atomic E-state index is 15.2. The third kappa shape index (κ3) is 6.81. The number of benzene rings is 5. The number of carbonyl (C=O) groups excluding carboxylic acids is 2. The standard InChI is InChI=1S/C47H43N5O3/c53-45(40-29-50-43-20-10-7-17-39(40)43)31-52(30-36-28-49-42-19-9-6-16-38(36)42)25-24-51(47(54)44(52)26-35-27-48-41-18-8-5-15-37(35)41)23-22-34-14-4-11-21-46(34)55-32-33-12-2-1-3-13-33/h1-21,27-29,44,48-49H,22-26,30-32H2/p+1/t44?,52-/m0/s1. The van der Waals surface area contributed by atoms with Gasteiger partial charge in [-0.2, -0.15) is 0 Å². The molecule has 1 unspecified atom stereocenters. The minimum Gasteiger partial charge on any atom is -0.489 e. The summed E-state index contributed by atoms with van der Waals surface area (Å²) in [5.74, 6) is 0.942. The molecular weight excluding hydrogens is 683 g/mol. The predicted octanol–water partition coefficient (Wildman–Crippen LogP) is 8.61. The van der Waals surface area contributed by atoms with E-state index in [0.29, 0.717) is 55.7 Å². The van der Waals surface area contributed by atoms with Crippen molar-refractivity contribution in [3.8, 4) is 5.75 Å². The molecule has 1 amide bonds. The first-order valence-corrected chi connectivity index (χ1v) is 19.1. The zero-order chi connectivity index (χ0) is 37.2. The number of piperazine rings is 1. The zero-order valence-corrected chi connectivity index (χ0v) is 30.7. The average molecular weight is 727 g/mol. The van der Waals surface area contributed by atoms with Crippen molar-refractivity contribution in [3.05, 3.63) is 174 Å². The second kappa shape index (κ2) is 14.8. The van der Waals surface area contributed by atoms with Gasteiger partial charge in [-0.15, -0.1) is 0 Å². The second-order valence-electron chi connectivity index (χ2n) is 14.8. The molecule has 55 heavy (non-hydrogen) atoms. The summed E-state index contributed by atoms with van der Waals surface area (Å²) >= 11 is 0. The maximum Gasteiger partial charge on any atom is 0.281 e. The number of nitrogens with zero attached hydrogens (tertiary/aromatic N) is 2. The van der Waals surface area contributed by atoms with Gasteiger partial charge >= 0.3 is 0 Å². The van der Waals surface area contributed by atoms with E-state index in [9.17, 15) is 4.79 Å². The molecule has 0 bridgehead atoms. The van der Waals surface area contributed by atoms with Crippen molar-refractivity contribution in [3.63, 3.8) is 0 Å². The molecule has 5 aromatic carbocycles. The number of ketones is 1. The Bertz CT molecular complexity index is 2620. The molecule has 2 atom stereocenters. The second-order valence-corrected chi connectivity index (χ2v) is 14.8. The van der Waals surface area contributed by atoms with Crippen molar-refractivity contribution in [2.75, 3.05) is 26.2 Å². The molecule has 3 aromatic heterocycles. The van der Waals surface area contributed by atoms with Gasteiger partial charge in [0.2, 0.25) is 5.78 Å². The molecule has 4 heterocycles. The van der Waals surface area contributed by atoms with E-state index in [1.54, 1.807) is 0 Å². The molecule has 1 saturated heterocycles. The third-order valence-electron chi connectivity index (χ3n) is 11.5. The lowest BCUT2D eigenvalue weighted by Gasteiger charge is -2.49. The summed E-state index contributed by atoms with van der Waals surface area (Å²) in [6, 6.07) is 42.3. The number of para-hydroxylation sites is 4. The average Bonchev–Trinajstić information content (AvgIpc) is 3.96. The molecule has 0 aliphatic carbocycles. The maximum atomic E-state index is 15.2. The number of carbonyl (C=O) groups is 2. The van der Waals surface area contributed by atoms with Crippen molar-refractivity contribution in [2.45, 2.75) is 32.0 Å². The van der Waals surface area contributed by atoms with E-state index in [0.717, 1.165) is 60.7 Å². The van der Waals surface area contributed by atoms with Crippen molar-refractivity contribution in [1.29, 1.82) is 0 Å². The van der Waals surface area contributed by atoms with Crippen LogP contribution in [0.5, 0.6) is 5.75 Å². The van der Waals surface area contributed by atoms with E-state index in [2.05, 4.69) is 69.7 Å². The first-order chi connectivity index (χ1) is 27.0. The summed E-state index contributed by atoms with van der Waals surface area (Å²) in [5, 5.41) is 3.13. The largest absolute Gasteiger partial charge is 0.489 e. The summed E-state index contributed by atoms with van der Waals surface area (Å²) in [6.45, 7) is 2.95. The lowest BCUT2D eigenvalue weighted by Crippen LogP contribution is -2.69. The lowest BCUT2D eigenvalue weighted by atomic mass is 9.94. The fourth-order valence-electron chi connectivity index (χ4n) is 8.59. The molecule has 1 aliphatic heterocycles. The van der Waals surface area contributed by atoms with E-state index < -0.39 is 6.04 Å². The van der Waals surface area contributed by atoms with Crippen molar-refractivity contribution in [1.82, 2.24) is 19.9 Å². The van der Waals surface area contributed by atoms with Gasteiger partial charge in [0.05, 0.1) is 13.1 Å². The highest BCUT2D eigenvalue weighted by molar-refractivity contribution is 6.08. The smallest absolute Gasteiger partial charge is 0.281 e. The summed E-state index contributed by atoms with van der Waals surface area (Å²) in [7, 11) is 0. The number of amides is 1. The molecule has 0 spiro atoms. The number of hydrogen-bond acceptors (Lipinski definition) is 3. The summed E-state index contributed by atoms with van der Waals surface area (Å²) in [5.41, 5.74) is 8.04. The van der Waals surface area contributed by atoms with Crippen molar-refractivity contribution in [2.24, 2.45) is 0 Å². The van der Waals surface area contributed by atoms with Crippen LogP contribution in [-0.4, -0.2) is 68.2 Å². The number of ether oxygens (including phenoxy) is 1. The number of aromatic nitrogens is 3. The Morgan fingerprint density at radius 1 is 0.673 bits per heavy atom. The molecule has 9 rings (SSSR count). The first-order valence-electron chi connectivity index (χ1n) is 19.1. The molecular formula is C47H44N5O3+. The molecule has 0 radical (unpaired) electrons. The molecule has 1 aliphatic rings. The van der Waals surface area contributed by atoms with Crippen LogP contribution in [0.3, 0.4) is 0 Å². The predicted molar refractivity (Wildman–Crippen MR) is 218 cm³/mol. The van der Waals surface area contributed by atoms with Crippen LogP contribution < -0.4 is 4.74 Å².